The fourth-order valence-corrected chi connectivity index (χ4v) is 3.83. The van der Waals surface area contributed by atoms with Gasteiger partial charge < -0.3 is 15.5 Å². The van der Waals surface area contributed by atoms with Gasteiger partial charge in [-0.1, -0.05) is 37.3 Å². The molecule has 0 radical (unpaired) electrons. The molecule has 1 fully saturated rings. The number of benzene rings is 1. The molecule has 2 amide bonds. The van der Waals surface area contributed by atoms with Gasteiger partial charge >= 0.3 is 0 Å². The SMILES string of the molecule is CCC(=O)N1CSCC1C(=O)N(CCCN)Cc1ccccc1. The van der Waals surface area contributed by atoms with Crippen molar-refractivity contribution in [2.24, 2.45) is 5.73 Å². The van der Waals surface area contributed by atoms with Crippen LogP contribution >= 0.6 is 11.8 Å². The lowest BCUT2D eigenvalue weighted by Crippen LogP contribution is -2.49. The minimum atomic E-state index is -0.339. The fraction of sp³-hybridized carbons (Fsp3) is 0.529. The number of nitrogens with zero attached hydrogens (tertiary/aromatic N) is 2. The topological polar surface area (TPSA) is 66.6 Å². The van der Waals surface area contributed by atoms with Crippen molar-refractivity contribution in [2.75, 3.05) is 24.7 Å². The third-order valence-corrected chi connectivity index (χ3v) is 4.96. The maximum atomic E-state index is 13.0. The molecule has 1 heterocycles. The fourth-order valence-electron chi connectivity index (χ4n) is 2.66. The van der Waals surface area contributed by atoms with Gasteiger partial charge in [-0.2, -0.15) is 0 Å². The summed E-state index contributed by atoms with van der Waals surface area (Å²) in [5.74, 6) is 1.37. The Kier molecular flexibility index (Phi) is 6.92. The molecule has 5 nitrogen and oxygen atoms in total. The summed E-state index contributed by atoms with van der Waals surface area (Å²) < 4.78 is 0. The van der Waals surface area contributed by atoms with Crippen molar-refractivity contribution in [2.45, 2.75) is 32.4 Å². The summed E-state index contributed by atoms with van der Waals surface area (Å²) in [7, 11) is 0. The molecule has 1 aromatic rings. The molecule has 2 N–H and O–H groups in total. The molecule has 0 aromatic heterocycles. The van der Waals surface area contributed by atoms with E-state index >= 15 is 0 Å². The molecule has 0 aliphatic carbocycles. The van der Waals surface area contributed by atoms with Gasteiger partial charge in [-0.05, 0) is 18.5 Å². The normalized spacial score (nSPS) is 17.3. The first-order valence-electron chi connectivity index (χ1n) is 8.07. The summed E-state index contributed by atoms with van der Waals surface area (Å²) in [5, 5.41) is 0. The number of carbonyl (C=O) groups excluding carboxylic acids is 2. The van der Waals surface area contributed by atoms with E-state index in [-0.39, 0.29) is 17.9 Å². The summed E-state index contributed by atoms with van der Waals surface area (Å²) in [5.41, 5.74) is 6.71. The maximum Gasteiger partial charge on any atom is 0.246 e. The van der Waals surface area contributed by atoms with E-state index in [2.05, 4.69) is 0 Å². The average molecular weight is 335 g/mol. The predicted molar refractivity (Wildman–Crippen MR) is 93.8 cm³/mol. The van der Waals surface area contributed by atoms with Crippen LogP contribution in [0.25, 0.3) is 0 Å². The van der Waals surface area contributed by atoms with Gasteiger partial charge in [-0.3, -0.25) is 9.59 Å². The minimum Gasteiger partial charge on any atom is -0.337 e. The van der Waals surface area contributed by atoms with E-state index in [0.29, 0.717) is 37.7 Å². The molecular weight excluding hydrogens is 310 g/mol. The summed E-state index contributed by atoms with van der Waals surface area (Å²) in [6, 6.07) is 9.60. The minimum absolute atomic E-state index is 0.0362. The third-order valence-electron chi connectivity index (χ3n) is 3.95. The van der Waals surface area contributed by atoms with Gasteiger partial charge in [0.05, 0.1) is 5.88 Å². The van der Waals surface area contributed by atoms with E-state index in [1.807, 2.05) is 42.2 Å². The van der Waals surface area contributed by atoms with Crippen LogP contribution in [0.5, 0.6) is 0 Å². The molecule has 1 aromatic carbocycles. The summed E-state index contributed by atoms with van der Waals surface area (Å²) in [6.45, 7) is 3.58. The number of carbonyl (C=O) groups is 2. The Morgan fingerprint density at radius 3 is 2.74 bits per heavy atom. The van der Waals surface area contributed by atoms with Crippen molar-refractivity contribution in [1.82, 2.24) is 9.80 Å². The number of nitrogens with two attached hydrogens (primary N) is 1. The second kappa shape index (κ2) is 8.93. The van der Waals surface area contributed by atoms with Gasteiger partial charge in [0.1, 0.15) is 6.04 Å². The highest BCUT2D eigenvalue weighted by molar-refractivity contribution is 7.99. The van der Waals surface area contributed by atoms with Gasteiger partial charge in [-0.15, -0.1) is 11.8 Å². The van der Waals surface area contributed by atoms with Gasteiger partial charge in [0.25, 0.3) is 0 Å². The first kappa shape index (κ1) is 17.8. The Morgan fingerprint density at radius 1 is 1.35 bits per heavy atom. The van der Waals surface area contributed by atoms with Crippen LogP contribution in [0.3, 0.4) is 0 Å². The Labute approximate surface area is 142 Å². The number of thioether (sulfide) groups is 1. The van der Waals surface area contributed by atoms with Crippen LogP contribution < -0.4 is 5.73 Å². The highest BCUT2D eigenvalue weighted by Gasteiger charge is 2.36. The van der Waals surface area contributed by atoms with Crippen molar-refractivity contribution in [1.29, 1.82) is 0 Å². The number of hydrogen-bond acceptors (Lipinski definition) is 4. The van der Waals surface area contributed by atoms with Gasteiger partial charge in [0.15, 0.2) is 0 Å². The molecule has 1 saturated heterocycles. The molecule has 1 atom stereocenters. The monoisotopic (exact) mass is 335 g/mol. The van der Waals surface area contributed by atoms with Crippen LogP contribution in [0.15, 0.2) is 30.3 Å². The zero-order valence-electron chi connectivity index (χ0n) is 13.6. The third kappa shape index (κ3) is 4.72. The highest BCUT2D eigenvalue weighted by atomic mass is 32.2. The molecule has 0 bridgehead atoms. The molecule has 126 valence electrons. The lowest BCUT2D eigenvalue weighted by molar-refractivity contribution is -0.143. The van der Waals surface area contributed by atoms with E-state index in [0.717, 1.165) is 12.0 Å². The van der Waals surface area contributed by atoms with Gasteiger partial charge in [-0.25, -0.2) is 0 Å². The van der Waals surface area contributed by atoms with E-state index in [1.54, 1.807) is 16.7 Å². The second-order valence-electron chi connectivity index (χ2n) is 5.62. The van der Waals surface area contributed by atoms with Crippen LogP contribution in [-0.4, -0.2) is 52.4 Å². The largest absolute Gasteiger partial charge is 0.337 e. The lowest BCUT2D eigenvalue weighted by Gasteiger charge is -2.30. The Balaban J connectivity index is 2.10. The first-order valence-corrected chi connectivity index (χ1v) is 9.22. The molecule has 0 spiro atoms. The summed E-state index contributed by atoms with van der Waals surface area (Å²) in [6.07, 6.45) is 1.20. The molecule has 23 heavy (non-hydrogen) atoms. The Hall–Kier alpha value is -1.53. The Bertz CT molecular complexity index is 524. The highest BCUT2D eigenvalue weighted by Crippen LogP contribution is 2.24. The van der Waals surface area contributed by atoms with Crippen LogP contribution in [0.2, 0.25) is 0 Å². The predicted octanol–water partition coefficient (Wildman–Crippen LogP) is 1.68. The summed E-state index contributed by atoms with van der Waals surface area (Å²) >= 11 is 1.64. The number of rotatable bonds is 7. The molecule has 6 heteroatoms. The molecule has 2 rings (SSSR count). The van der Waals surface area contributed by atoms with E-state index in [9.17, 15) is 9.59 Å². The van der Waals surface area contributed by atoms with Gasteiger partial charge in [0.2, 0.25) is 11.8 Å². The maximum absolute atomic E-state index is 13.0. The van der Waals surface area contributed by atoms with E-state index < -0.39 is 0 Å². The van der Waals surface area contributed by atoms with Crippen molar-refractivity contribution in [3.05, 3.63) is 35.9 Å². The molecular formula is C17H25N3O2S. The average Bonchev–Trinajstić information content (AvgIpc) is 3.07. The molecule has 1 aliphatic heterocycles. The van der Waals surface area contributed by atoms with E-state index in [4.69, 9.17) is 5.73 Å². The second-order valence-corrected chi connectivity index (χ2v) is 6.62. The van der Waals surface area contributed by atoms with Crippen LogP contribution in [0.1, 0.15) is 25.3 Å². The van der Waals surface area contributed by atoms with Crippen LogP contribution in [0, 0.1) is 0 Å². The van der Waals surface area contributed by atoms with Gasteiger partial charge in [0, 0.05) is 25.3 Å². The van der Waals surface area contributed by atoms with Crippen LogP contribution in [-0.2, 0) is 16.1 Å². The first-order chi connectivity index (χ1) is 11.2. The van der Waals surface area contributed by atoms with Crippen LogP contribution in [0.4, 0.5) is 0 Å². The van der Waals surface area contributed by atoms with Crippen molar-refractivity contribution >= 4 is 23.6 Å². The van der Waals surface area contributed by atoms with E-state index in [1.165, 1.54) is 0 Å². The number of amides is 2. The smallest absolute Gasteiger partial charge is 0.246 e. The summed E-state index contributed by atoms with van der Waals surface area (Å²) in [4.78, 5) is 28.6. The molecule has 1 unspecified atom stereocenters. The molecule has 1 aliphatic rings. The quantitative estimate of drug-likeness (QED) is 0.823. The number of hydrogen-bond donors (Lipinski definition) is 1. The van der Waals surface area contributed by atoms with Crippen molar-refractivity contribution < 1.29 is 9.59 Å². The van der Waals surface area contributed by atoms with Crippen molar-refractivity contribution in [3.8, 4) is 0 Å². The zero-order valence-corrected chi connectivity index (χ0v) is 14.4. The Morgan fingerprint density at radius 2 is 2.09 bits per heavy atom. The lowest BCUT2D eigenvalue weighted by atomic mass is 10.1. The standard InChI is InChI=1S/C17H25N3O2S/c1-2-16(21)20-13-23-12-15(20)17(22)19(10-6-9-18)11-14-7-4-3-5-8-14/h3-5,7-8,15H,2,6,9-13,18H2,1H3. The van der Waals surface area contributed by atoms with Crippen molar-refractivity contribution in [3.63, 3.8) is 0 Å². The zero-order chi connectivity index (χ0) is 16.7. The molecule has 0 saturated carbocycles.